The summed E-state index contributed by atoms with van der Waals surface area (Å²) in [5.74, 6) is -0.620. The molecule has 0 fully saturated rings. The topological polar surface area (TPSA) is 114 Å². The van der Waals surface area contributed by atoms with E-state index in [1.54, 1.807) is 0 Å². The van der Waals surface area contributed by atoms with Crippen molar-refractivity contribution in [2.45, 2.75) is 32.8 Å². The molecule has 0 saturated heterocycles. The molecule has 0 aliphatic carbocycles. The van der Waals surface area contributed by atoms with Crippen LogP contribution in [0, 0.1) is 11.3 Å². The number of nitriles is 1. The van der Waals surface area contributed by atoms with Crippen molar-refractivity contribution in [3.05, 3.63) is 10.4 Å². The molecule has 1 aromatic heterocycles. The number of anilines is 2. The summed E-state index contributed by atoms with van der Waals surface area (Å²) in [5.41, 5.74) is 11.4. The molecule has 0 spiro atoms. The molecule has 0 aromatic carbocycles. The number of nitrogen functional groups attached to an aromatic ring is 1. The van der Waals surface area contributed by atoms with Crippen LogP contribution in [0.25, 0.3) is 0 Å². The van der Waals surface area contributed by atoms with Gasteiger partial charge in [-0.1, -0.05) is 0 Å². The summed E-state index contributed by atoms with van der Waals surface area (Å²) in [4.78, 5) is 11.7. The van der Waals surface area contributed by atoms with Crippen LogP contribution in [-0.4, -0.2) is 25.2 Å². The van der Waals surface area contributed by atoms with E-state index in [4.69, 9.17) is 21.5 Å². The van der Waals surface area contributed by atoms with Gasteiger partial charge in [-0.2, -0.15) is 5.26 Å². The van der Waals surface area contributed by atoms with E-state index in [0.717, 1.165) is 24.2 Å². The molecule has 7 heteroatoms. The minimum Gasteiger partial charge on any atom is -0.396 e. The SMILES string of the molecule is CC(C)OCCCCNc1sc(C#N)c(N)c1C(N)=O. The van der Waals surface area contributed by atoms with E-state index in [1.807, 2.05) is 19.9 Å². The van der Waals surface area contributed by atoms with Gasteiger partial charge in [-0.15, -0.1) is 11.3 Å². The summed E-state index contributed by atoms with van der Waals surface area (Å²) in [7, 11) is 0. The first-order chi connectivity index (χ1) is 9.47. The number of ether oxygens (including phenoxy) is 1. The fraction of sp³-hybridized carbons (Fsp3) is 0.538. The molecule has 1 aromatic rings. The van der Waals surface area contributed by atoms with Gasteiger partial charge >= 0.3 is 0 Å². The van der Waals surface area contributed by atoms with E-state index in [9.17, 15) is 4.79 Å². The highest BCUT2D eigenvalue weighted by Gasteiger charge is 2.19. The molecule has 1 amide bonds. The lowest BCUT2D eigenvalue weighted by atomic mass is 10.2. The molecule has 0 radical (unpaired) electrons. The van der Waals surface area contributed by atoms with Gasteiger partial charge in [-0.05, 0) is 26.7 Å². The van der Waals surface area contributed by atoms with Gasteiger partial charge in [-0.3, -0.25) is 4.79 Å². The second kappa shape index (κ2) is 7.72. The van der Waals surface area contributed by atoms with Gasteiger partial charge in [0.25, 0.3) is 5.91 Å². The van der Waals surface area contributed by atoms with Crippen LogP contribution in [0.4, 0.5) is 10.7 Å². The molecule has 6 nitrogen and oxygen atoms in total. The molecule has 0 bridgehead atoms. The Morgan fingerprint density at radius 1 is 1.50 bits per heavy atom. The van der Waals surface area contributed by atoms with Crippen molar-refractivity contribution in [2.75, 3.05) is 24.2 Å². The van der Waals surface area contributed by atoms with Crippen LogP contribution < -0.4 is 16.8 Å². The number of nitrogens with one attached hydrogen (secondary N) is 1. The predicted octanol–water partition coefficient (Wildman–Crippen LogP) is 1.92. The van der Waals surface area contributed by atoms with Crippen molar-refractivity contribution < 1.29 is 9.53 Å². The fourth-order valence-corrected chi connectivity index (χ4v) is 2.59. The van der Waals surface area contributed by atoms with E-state index in [0.29, 0.717) is 23.0 Å². The first kappa shape index (κ1) is 16.3. The standard InChI is InChI=1S/C13H20N4O2S/c1-8(2)19-6-4-3-5-17-13-10(12(16)18)11(15)9(7-14)20-13/h8,17H,3-6,15H2,1-2H3,(H2,16,18). The van der Waals surface area contributed by atoms with Crippen LogP contribution in [0.3, 0.4) is 0 Å². The number of carbonyl (C=O) groups excluding carboxylic acids is 1. The molecule has 0 aliphatic rings. The van der Waals surface area contributed by atoms with E-state index in [-0.39, 0.29) is 17.4 Å². The minimum absolute atomic E-state index is 0.163. The van der Waals surface area contributed by atoms with Crippen LogP contribution in [0.2, 0.25) is 0 Å². The summed E-state index contributed by atoms with van der Waals surface area (Å²) in [6, 6.07) is 1.96. The molecule has 5 N–H and O–H groups in total. The van der Waals surface area contributed by atoms with Crippen LogP contribution in [0.1, 0.15) is 41.9 Å². The molecular weight excluding hydrogens is 276 g/mol. The van der Waals surface area contributed by atoms with Gasteiger partial charge in [-0.25, -0.2) is 0 Å². The predicted molar refractivity (Wildman–Crippen MR) is 80.8 cm³/mol. The number of thiophene rings is 1. The zero-order valence-corrected chi connectivity index (χ0v) is 12.5. The Balaban J connectivity index is 2.52. The number of nitrogens with zero attached hydrogens (tertiary/aromatic N) is 1. The Hall–Kier alpha value is -1.78. The van der Waals surface area contributed by atoms with E-state index >= 15 is 0 Å². The number of primary amides is 1. The maximum atomic E-state index is 11.4. The molecule has 0 atom stereocenters. The summed E-state index contributed by atoms with van der Waals surface area (Å²) in [6.07, 6.45) is 2.05. The Morgan fingerprint density at radius 2 is 2.20 bits per heavy atom. The number of unbranched alkanes of at least 4 members (excludes halogenated alkanes) is 1. The third-order valence-corrected chi connectivity index (χ3v) is 3.67. The minimum atomic E-state index is -0.620. The molecular formula is C13H20N4O2S. The van der Waals surface area contributed by atoms with Crippen molar-refractivity contribution in [1.82, 2.24) is 0 Å². The number of nitrogens with two attached hydrogens (primary N) is 2. The number of rotatable bonds is 8. The molecule has 20 heavy (non-hydrogen) atoms. The molecule has 0 aliphatic heterocycles. The lowest BCUT2D eigenvalue weighted by molar-refractivity contribution is 0.0765. The fourth-order valence-electron chi connectivity index (χ4n) is 1.64. The average Bonchev–Trinajstić information content (AvgIpc) is 2.69. The Bertz CT molecular complexity index is 505. The van der Waals surface area contributed by atoms with Crippen molar-refractivity contribution >= 4 is 27.9 Å². The van der Waals surface area contributed by atoms with Gasteiger partial charge < -0.3 is 21.5 Å². The molecule has 0 unspecified atom stereocenters. The number of carbonyl (C=O) groups is 1. The Kier molecular flexibility index (Phi) is 6.28. The van der Waals surface area contributed by atoms with E-state index in [2.05, 4.69) is 5.32 Å². The lowest BCUT2D eigenvalue weighted by Crippen LogP contribution is -2.15. The smallest absolute Gasteiger partial charge is 0.253 e. The molecule has 110 valence electrons. The monoisotopic (exact) mass is 296 g/mol. The number of hydrogen-bond acceptors (Lipinski definition) is 6. The summed E-state index contributed by atoms with van der Waals surface area (Å²) in [5, 5.41) is 12.6. The zero-order valence-electron chi connectivity index (χ0n) is 11.7. The highest BCUT2D eigenvalue weighted by Crippen LogP contribution is 2.34. The second-order valence-electron chi connectivity index (χ2n) is 4.58. The quantitative estimate of drug-likeness (QED) is 0.634. The van der Waals surface area contributed by atoms with E-state index in [1.165, 1.54) is 0 Å². The maximum Gasteiger partial charge on any atom is 0.253 e. The number of amides is 1. The molecule has 1 rings (SSSR count). The maximum absolute atomic E-state index is 11.4. The van der Waals surface area contributed by atoms with Crippen LogP contribution in [0.5, 0.6) is 0 Å². The number of hydrogen-bond donors (Lipinski definition) is 3. The summed E-state index contributed by atoms with van der Waals surface area (Å²) in [6.45, 7) is 5.37. The Morgan fingerprint density at radius 3 is 2.75 bits per heavy atom. The van der Waals surface area contributed by atoms with Crippen LogP contribution >= 0.6 is 11.3 Å². The Labute approximate surface area is 122 Å². The van der Waals surface area contributed by atoms with Gasteiger partial charge in [0.2, 0.25) is 0 Å². The van der Waals surface area contributed by atoms with Crippen molar-refractivity contribution in [2.24, 2.45) is 5.73 Å². The molecule has 0 saturated carbocycles. The highest BCUT2D eigenvalue weighted by atomic mass is 32.1. The average molecular weight is 296 g/mol. The summed E-state index contributed by atoms with van der Waals surface area (Å²) >= 11 is 1.15. The van der Waals surface area contributed by atoms with Gasteiger partial charge in [0, 0.05) is 13.2 Å². The van der Waals surface area contributed by atoms with Crippen molar-refractivity contribution in [3.8, 4) is 6.07 Å². The van der Waals surface area contributed by atoms with Crippen LogP contribution in [0.15, 0.2) is 0 Å². The van der Waals surface area contributed by atoms with Crippen molar-refractivity contribution in [1.29, 1.82) is 5.26 Å². The van der Waals surface area contributed by atoms with Gasteiger partial charge in [0.05, 0.1) is 17.4 Å². The first-order valence-corrected chi connectivity index (χ1v) is 7.26. The third kappa shape index (κ3) is 4.40. The van der Waals surface area contributed by atoms with Crippen LogP contribution in [-0.2, 0) is 4.74 Å². The summed E-state index contributed by atoms with van der Waals surface area (Å²) < 4.78 is 5.43. The first-order valence-electron chi connectivity index (χ1n) is 6.45. The molecule has 1 heterocycles. The highest BCUT2D eigenvalue weighted by molar-refractivity contribution is 7.17. The normalized spacial score (nSPS) is 10.5. The van der Waals surface area contributed by atoms with E-state index < -0.39 is 5.91 Å². The van der Waals surface area contributed by atoms with Gasteiger partial charge in [0.1, 0.15) is 15.9 Å². The van der Waals surface area contributed by atoms with Gasteiger partial charge in [0.15, 0.2) is 0 Å². The largest absolute Gasteiger partial charge is 0.396 e. The third-order valence-electron chi connectivity index (χ3n) is 2.60. The lowest BCUT2D eigenvalue weighted by Gasteiger charge is -2.08. The second-order valence-corrected chi connectivity index (χ2v) is 5.60. The van der Waals surface area contributed by atoms with Crippen molar-refractivity contribution in [3.63, 3.8) is 0 Å². The zero-order chi connectivity index (χ0) is 15.1.